The molecule has 2 atom stereocenters. The number of rotatable bonds is 3. The van der Waals surface area contributed by atoms with Crippen LogP contribution in [-0.2, 0) is 0 Å². The first kappa shape index (κ1) is 15.7. The smallest absolute Gasteiger partial charge is 0.258 e. The molecular weight excluding hydrogens is 312 g/mol. The van der Waals surface area contributed by atoms with E-state index in [0.717, 1.165) is 12.1 Å². The minimum absolute atomic E-state index is 0.0201. The zero-order chi connectivity index (χ0) is 16.6. The predicted molar refractivity (Wildman–Crippen MR) is 91.8 cm³/mol. The first-order chi connectivity index (χ1) is 11.0. The maximum atomic E-state index is 13.0. The van der Waals surface area contributed by atoms with Gasteiger partial charge in [0.25, 0.3) is 5.91 Å². The summed E-state index contributed by atoms with van der Waals surface area (Å²) in [6.45, 7) is 4.04. The van der Waals surface area contributed by atoms with Crippen molar-refractivity contribution >= 4 is 23.2 Å². The van der Waals surface area contributed by atoms with Crippen molar-refractivity contribution in [2.75, 3.05) is 5.32 Å². The molecule has 1 amide bonds. The monoisotopic (exact) mass is 330 g/mol. The number of hydrogen-bond donors (Lipinski definition) is 2. The van der Waals surface area contributed by atoms with Gasteiger partial charge in [-0.05, 0) is 43.7 Å². The minimum Gasteiger partial charge on any atom is -0.508 e. The van der Waals surface area contributed by atoms with E-state index >= 15 is 0 Å². The van der Waals surface area contributed by atoms with E-state index in [4.69, 9.17) is 11.6 Å². The number of phenols is 1. The molecule has 0 spiro atoms. The van der Waals surface area contributed by atoms with Crippen LogP contribution in [0.2, 0.25) is 5.02 Å². The highest BCUT2D eigenvalue weighted by atomic mass is 35.5. The standard InChI is InChI=1S/C18H19ClN2O2/c1-3-11(2)21-17(14-10-12(19)8-9-16(14)22)20-15-7-5-4-6-13(15)18(21)23/h4-11,17,20,22H,3H2,1-2H3/t11-,17-/m0/s1. The van der Waals surface area contributed by atoms with Gasteiger partial charge >= 0.3 is 0 Å². The van der Waals surface area contributed by atoms with Crippen molar-refractivity contribution < 1.29 is 9.90 Å². The summed E-state index contributed by atoms with van der Waals surface area (Å²) < 4.78 is 0. The number of amides is 1. The SMILES string of the molecule is CC[C@H](C)N1C(=O)c2ccccc2N[C@@H]1c1cc(Cl)ccc1O. The highest BCUT2D eigenvalue weighted by molar-refractivity contribution is 6.30. The Hall–Kier alpha value is -2.20. The molecule has 1 aliphatic heterocycles. The van der Waals surface area contributed by atoms with E-state index in [0.29, 0.717) is 16.1 Å². The molecule has 0 aromatic heterocycles. The molecule has 0 aliphatic carbocycles. The minimum atomic E-state index is -0.453. The Morgan fingerprint density at radius 1 is 1.30 bits per heavy atom. The molecule has 1 heterocycles. The lowest BCUT2D eigenvalue weighted by molar-refractivity contribution is 0.0591. The molecular formula is C18H19ClN2O2. The van der Waals surface area contributed by atoms with Crippen molar-refractivity contribution in [1.29, 1.82) is 0 Å². The second-order valence-corrected chi connectivity index (χ2v) is 6.20. The van der Waals surface area contributed by atoms with Gasteiger partial charge in [-0.1, -0.05) is 30.7 Å². The number of fused-ring (bicyclic) bond motifs is 1. The van der Waals surface area contributed by atoms with Gasteiger partial charge < -0.3 is 15.3 Å². The molecule has 23 heavy (non-hydrogen) atoms. The van der Waals surface area contributed by atoms with E-state index in [1.807, 2.05) is 38.1 Å². The summed E-state index contributed by atoms with van der Waals surface area (Å²) >= 11 is 6.09. The maximum absolute atomic E-state index is 13.0. The molecule has 0 radical (unpaired) electrons. The van der Waals surface area contributed by atoms with Crippen LogP contribution >= 0.6 is 11.6 Å². The third kappa shape index (κ3) is 2.75. The number of carbonyl (C=O) groups is 1. The van der Waals surface area contributed by atoms with Gasteiger partial charge in [0.15, 0.2) is 0 Å². The number of halogens is 1. The van der Waals surface area contributed by atoms with Gasteiger partial charge in [-0.15, -0.1) is 0 Å². The molecule has 120 valence electrons. The molecule has 2 N–H and O–H groups in total. The van der Waals surface area contributed by atoms with Crippen LogP contribution in [0.4, 0.5) is 5.69 Å². The first-order valence-electron chi connectivity index (χ1n) is 7.69. The Kier molecular flexibility index (Phi) is 4.18. The molecule has 0 saturated heterocycles. The van der Waals surface area contributed by atoms with E-state index in [-0.39, 0.29) is 17.7 Å². The number of anilines is 1. The number of phenolic OH excluding ortho intramolecular Hbond substituents is 1. The Labute approximate surface area is 140 Å². The Morgan fingerprint density at radius 2 is 2.04 bits per heavy atom. The fourth-order valence-corrected chi connectivity index (χ4v) is 3.07. The molecule has 0 unspecified atom stereocenters. The molecule has 4 nitrogen and oxygen atoms in total. The number of nitrogens with one attached hydrogen (secondary N) is 1. The number of nitrogens with zero attached hydrogens (tertiary/aromatic N) is 1. The Bertz CT molecular complexity index is 748. The summed E-state index contributed by atoms with van der Waals surface area (Å²) in [5.41, 5.74) is 2.01. The molecule has 5 heteroatoms. The van der Waals surface area contributed by atoms with Gasteiger partial charge in [-0.3, -0.25) is 4.79 Å². The largest absolute Gasteiger partial charge is 0.508 e. The van der Waals surface area contributed by atoms with Crippen LogP contribution in [0, 0.1) is 0 Å². The molecule has 1 aliphatic rings. The lowest BCUT2D eigenvalue weighted by Crippen LogP contribution is -2.47. The number of hydrogen-bond acceptors (Lipinski definition) is 3. The third-order valence-corrected chi connectivity index (χ3v) is 4.55. The van der Waals surface area contributed by atoms with Crippen LogP contribution in [-0.4, -0.2) is 22.0 Å². The van der Waals surface area contributed by atoms with Gasteiger partial charge in [0, 0.05) is 22.3 Å². The van der Waals surface area contributed by atoms with Crippen LogP contribution in [0.3, 0.4) is 0 Å². The van der Waals surface area contributed by atoms with Gasteiger partial charge in [-0.2, -0.15) is 0 Å². The van der Waals surface area contributed by atoms with Gasteiger partial charge in [0.05, 0.1) is 5.56 Å². The molecule has 3 rings (SSSR count). The van der Waals surface area contributed by atoms with E-state index in [1.54, 1.807) is 23.1 Å². The summed E-state index contributed by atoms with van der Waals surface area (Å²) in [5, 5.41) is 14.1. The second-order valence-electron chi connectivity index (χ2n) is 5.77. The van der Waals surface area contributed by atoms with Crippen LogP contribution in [0.1, 0.15) is 42.4 Å². The number of carbonyl (C=O) groups excluding carboxylic acids is 1. The highest BCUT2D eigenvalue weighted by Crippen LogP contribution is 2.38. The summed E-state index contributed by atoms with van der Waals surface area (Å²) in [6, 6.07) is 12.3. The molecule has 0 fully saturated rings. The van der Waals surface area contributed by atoms with Crippen molar-refractivity contribution in [2.24, 2.45) is 0 Å². The molecule has 2 aromatic rings. The number of benzene rings is 2. The quantitative estimate of drug-likeness (QED) is 0.876. The van der Waals surface area contributed by atoms with Crippen molar-refractivity contribution in [3.8, 4) is 5.75 Å². The summed E-state index contributed by atoms with van der Waals surface area (Å²) in [6.07, 6.45) is 0.360. The van der Waals surface area contributed by atoms with Crippen molar-refractivity contribution in [3.05, 3.63) is 58.6 Å². The first-order valence-corrected chi connectivity index (χ1v) is 8.07. The summed E-state index contributed by atoms with van der Waals surface area (Å²) in [5.74, 6) is 0.0745. The van der Waals surface area contributed by atoms with E-state index in [9.17, 15) is 9.90 Å². The van der Waals surface area contributed by atoms with E-state index in [2.05, 4.69) is 5.32 Å². The fourth-order valence-electron chi connectivity index (χ4n) is 2.89. The average molecular weight is 331 g/mol. The fraction of sp³-hybridized carbons (Fsp3) is 0.278. The van der Waals surface area contributed by atoms with Gasteiger partial charge in [-0.25, -0.2) is 0 Å². The zero-order valence-electron chi connectivity index (χ0n) is 13.1. The lowest BCUT2D eigenvalue weighted by Gasteiger charge is -2.41. The van der Waals surface area contributed by atoms with Crippen molar-refractivity contribution in [2.45, 2.75) is 32.5 Å². The highest BCUT2D eigenvalue weighted by Gasteiger charge is 2.36. The lowest BCUT2D eigenvalue weighted by atomic mass is 10.0. The number of aromatic hydroxyl groups is 1. The van der Waals surface area contributed by atoms with Crippen molar-refractivity contribution in [3.63, 3.8) is 0 Å². The average Bonchev–Trinajstić information content (AvgIpc) is 2.56. The number of para-hydroxylation sites is 1. The maximum Gasteiger partial charge on any atom is 0.258 e. The van der Waals surface area contributed by atoms with E-state index < -0.39 is 6.17 Å². The summed E-state index contributed by atoms with van der Waals surface area (Å²) in [4.78, 5) is 14.7. The topological polar surface area (TPSA) is 52.6 Å². The Morgan fingerprint density at radius 3 is 2.78 bits per heavy atom. The molecule has 0 bridgehead atoms. The Balaban J connectivity index is 2.13. The zero-order valence-corrected chi connectivity index (χ0v) is 13.8. The van der Waals surface area contributed by atoms with Crippen molar-refractivity contribution in [1.82, 2.24) is 4.90 Å². The predicted octanol–water partition coefficient (Wildman–Crippen LogP) is 4.41. The van der Waals surface area contributed by atoms with Crippen LogP contribution in [0.15, 0.2) is 42.5 Å². The van der Waals surface area contributed by atoms with Crippen LogP contribution < -0.4 is 5.32 Å². The van der Waals surface area contributed by atoms with Crippen LogP contribution in [0.5, 0.6) is 5.75 Å². The van der Waals surface area contributed by atoms with Gasteiger partial charge in [0.2, 0.25) is 0 Å². The third-order valence-electron chi connectivity index (χ3n) is 4.31. The molecule has 2 aromatic carbocycles. The van der Waals surface area contributed by atoms with E-state index in [1.165, 1.54) is 0 Å². The second kappa shape index (κ2) is 6.13. The van der Waals surface area contributed by atoms with Crippen LogP contribution in [0.25, 0.3) is 0 Å². The normalized spacial score (nSPS) is 18.3. The summed E-state index contributed by atoms with van der Waals surface area (Å²) in [7, 11) is 0. The van der Waals surface area contributed by atoms with Gasteiger partial charge in [0.1, 0.15) is 11.9 Å². The molecule has 0 saturated carbocycles.